The molecule has 8 aromatic rings. The molecule has 0 fully saturated rings. The van der Waals surface area contributed by atoms with Crippen molar-refractivity contribution in [1.82, 2.24) is 48.3 Å². The van der Waals surface area contributed by atoms with E-state index < -0.39 is 69.9 Å². The molecule has 6 aromatic heterocycles. The first-order valence-electron chi connectivity index (χ1n) is 24.0. The molecule has 0 spiro atoms. The molecular weight excluding hydrogens is 1060 g/mol. The van der Waals surface area contributed by atoms with Crippen LogP contribution in [0, 0.1) is 31.4 Å². The summed E-state index contributed by atoms with van der Waals surface area (Å²) in [6, 6.07) is 7.66. The predicted octanol–water partition coefficient (Wildman–Crippen LogP) is 6.15. The Morgan fingerprint density at radius 3 is 1.33 bits per heavy atom. The number of methoxy groups -OCH3 is 2. The van der Waals surface area contributed by atoms with Crippen molar-refractivity contribution in [3.8, 4) is 21.5 Å². The summed E-state index contributed by atoms with van der Waals surface area (Å²) < 4.78 is 42.5. The monoisotopic (exact) mass is 1120 g/mol. The van der Waals surface area contributed by atoms with Crippen molar-refractivity contribution in [1.29, 1.82) is 0 Å². The molecule has 6 heterocycles. The first-order chi connectivity index (χ1) is 36.1. The van der Waals surface area contributed by atoms with Crippen molar-refractivity contribution in [2.45, 2.75) is 126 Å². The number of thiophene rings is 2. The van der Waals surface area contributed by atoms with Gasteiger partial charge in [0, 0.05) is 28.7 Å². The van der Waals surface area contributed by atoms with Gasteiger partial charge in [-0.3, -0.25) is 23.5 Å². The molecular formula is C52H65F2N11O11S2. The summed E-state index contributed by atoms with van der Waals surface area (Å²) in [7, 11) is 2.75. The largest absolute Gasteiger partial charge is 0.496 e. The summed E-state index contributed by atoms with van der Waals surface area (Å²) in [4.78, 5) is 83.2. The van der Waals surface area contributed by atoms with E-state index in [1.807, 2.05) is 27.7 Å². The van der Waals surface area contributed by atoms with Crippen LogP contribution >= 0.6 is 22.7 Å². The molecule has 0 radical (unpaired) electrons. The number of hydrogen-bond donors (Lipinski definition) is 4. The van der Waals surface area contributed by atoms with Crippen LogP contribution in [-0.4, -0.2) is 95.6 Å². The standard InChI is InChI=1S/C26H30FN5O5S.C22H22FN5O6S.C3H9N.CH4/c1-14(2)11-20(34)26(4,5)31-22(35)21-15(3)23(32-28-9-10-29-32)38-24(21)30(25(31)36)13-18(33)17-12-16(27)7-8-19(17)37-6;1-11-16-17(30)27(22(2,3)20(31)32)21(33)26(19(16)35-18(11)28-24-7-8-25-28)10-14(29)13-9-12(23)5-6-15(13)34-4;1-3(2)4;/h7-10,12,14,18,33H,11,13H2,1-6H3;5-9,14,29H,10H2,1-4H3,(H,31,32);3H,4H2,1-2H3;1H4/t18-;14-;;/m00../s1. The summed E-state index contributed by atoms with van der Waals surface area (Å²) in [6.07, 6.45) is 3.26. The van der Waals surface area contributed by atoms with Crippen LogP contribution in [0.1, 0.15) is 104 Å². The Morgan fingerprint density at radius 2 is 1.01 bits per heavy atom. The van der Waals surface area contributed by atoms with Crippen LogP contribution in [0.2, 0.25) is 0 Å². The highest BCUT2D eigenvalue weighted by molar-refractivity contribution is 7.21. The quantitative estimate of drug-likeness (QED) is 0.0844. The van der Waals surface area contributed by atoms with E-state index in [1.165, 1.54) is 91.3 Å². The number of carbonyl (C=O) groups excluding carboxylic acids is 1. The Morgan fingerprint density at radius 1 is 0.667 bits per heavy atom. The maximum absolute atomic E-state index is 14.1. The van der Waals surface area contributed by atoms with E-state index in [4.69, 9.17) is 15.2 Å². The van der Waals surface area contributed by atoms with Gasteiger partial charge in [-0.2, -0.15) is 20.4 Å². The van der Waals surface area contributed by atoms with Crippen molar-refractivity contribution in [2.24, 2.45) is 11.7 Å². The molecule has 22 nitrogen and oxygen atoms in total. The SMILES string of the molecule is C.CC(C)N.COc1ccc(F)cc1[C@@H](O)Cn1c(=O)n(C(C)(C)C(=O)CC(C)C)c(=O)c2c(C)c(-n3nccn3)sc21.COc1ccc(F)cc1[C@@H](O)Cn1c(=O)n(C(C)(C)C(=O)O)c(=O)c2c(C)c(-n3nccn3)sc21. The van der Waals surface area contributed by atoms with Crippen molar-refractivity contribution in [2.75, 3.05) is 14.2 Å². The zero-order valence-electron chi connectivity index (χ0n) is 44.4. The smallest absolute Gasteiger partial charge is 0.333 e. The fraction of sp³-hybridized carbons (Fsp3) is 0.423. The molecule has 0 aliphatic rings. The van der Waals surface area contributed by atoms with Gasteiger partial charge in [-0.05, 0) is 89.9 Å². The third kappa shape index (κ3) is 12.1. The highest BCUT2D eigenvalue weighted by Gasteiger charge is 2.38. The van der Waals surface area contributed by atoms with Crippen LogP contribution in [0.4, 0.5) is 8.78 Å². The first-order valence-corrected chi connectivity index (χ1v) is 25.6. The first kappa shape index (κ1) is 61.3. The van der Waals surface area contributed by atoms with Gasteiger partial charge < -0.3 is 30.5 Å². The number of carboxylic acids is 1. The Balaban J connectivity index is 0.000000266. The molecule has 0 aliphatic heterocycles. The molecule has 0 amide bonds. The number of nitrogens with zero attached hydrogens (tertiary/aromatic N) is 10. The van der Waals surface area contributed by atoms with Crippen LogP contribution < -0.4 is 37.7 Å². The molecule has 0 saturated heterocycles. The molecule has 26 heteroatoms. The van der Waals surface area contributed by atoms with E-state index in [9.17, 15) is 52.9 Å². The van der Waals surface area contributed by atoms with Crippen molar-refractivity contribution in [3.05, 3.63) is 137 Å². The van der Waals surface area contributed by atoms with Gasteiger partial charge in [0.2, 0.25) is 0 Å². The molecule has 0 saturated carbocycles. The van der Waals surface area contributed by atoms with Crippen LogP contribution in [0.25, 0.3) is 30.4 Å². The molecule has 420 valence electrons. The minimum absolute atomic E-state index is 0. The average molecular weight is 1120 g/mol. The lowest BCUT2D eigenvalue weighted by Crippen LogP contribution is -2.53. The Kier molecular flexibility index (Phi) is 19.2. The minimum atomic E-state index is -1.90. The lowest BCUT2D eigenvalue weighted by atomic mass is 9.91. The second-order valence-electron chi connectivity index (χ2n) is 19.6. The van der Waals surface area contributed by atoms with E-state index in [0.29, 0.717) is 31.7 Å². The third-order valence-corrected chi connectivity index (χ3v) is 14.9. The van der Waals surface area contributed by atoms with Crippen LogP contribution in [0.15, 0.2) is 80.4 Å². The second-order valence-corrected chi connectivity index (χ2v) is 21.6. The number of aromatic nitrogens is 10. The summed E-state index contributed by atoms with van der Waals surface area (Å²) in [5, 5.41) is 49.6. The lowest BCUT2D eigenvalue weighted by Gasteiger charge is -2.27. The van der Waals surface area contributed by atoms with E-state index in [1.54, 1.807) is 27.7 Å². The predicted molar refractivity (Wildman–Crippen MR) is 293 cm³/mol. The van der Waals surface area contributed by atoms with Gasteiger partial charge in [0.1, 0.15) is 66.1 Å². The van der Waals surface area contributed by atoms with Crippen LogP contribution in [0.5, 0.6) is 11.5 Å². The number of aliphatic hydroxyl groups is 2. The fourth-order valence-electron chi connectivity index (χ4n) is 8.31. The minimum Gasteiger partial charge on any atom is -0.496 e. The molecule has 0 aliphatic carbocycles. The number of hydrogen-bond acceptors (Lipinski definition) is 17. The van der Waals surface area contributed by atoms with E-state index in [-0.39, 0.29) is 75.2 Å². The fourth-order valence-corrected chi connectivity index (χ4v) is 10.8. The second kappa shape index (κ2) is 24.4. The number of aryl methyl sites for hydroxylation is 2. The van der Waals surface area contributed by atoms with Crippen molar-refractivity contribution in [3.63, 3.8) is 0 Å². The number of aliphatic carboxylic acids is 1. The highest BCUT2D eigenvalue weighted by Crippen LogP contribution is 2.35. The molecule has 8 rings (SSSR count). The van der Waals surface area contributed by atoms with Crippen LogP contribution in [-0.2, 0) is 33.8 Å². The summed E-state index contributed by atoms with van der Waals surface area (Å²) in [6.45, 7) is 15.8. The lowest BCUT2D eigenvalue weighted by molar-refractivity contribution is -0.146. The summed E-state index contributed by atoms with van der Waals surface area (Å²) >= 11 is 2.15. The number of aliphatic hydroxyl groups excluding tert-OH is 2. The molecule has 0 unspecified atom stereocenters. The Bertz CT molecular complexity index is 3700. The number of nitrogens with two attached hydrogens (primary N) is 1. The van der Waals surface area contributed by atoms with Gasteiger partial charge >= 0.3 is 17.3 Å². The number of Topliss-reactive ketones (excluding diaryl/α,β-unsaturated/α-hetero) is 1. The Hall–Kier alpha value is -7.52. The molecule has 0 bridgehead atoms. The Labute approximate surface area is 454 Å². The topological polar surface area (TPSA) is 289 Å². The van der Waals surface area contributed by atoms with Gasteiger partial charge in [0.15, 0.2) is 5.78 Å². The van der Waals surface area contributed by atoms with Crippen molar-refractivity contribution < 1.29 is 43.2 Å². The molecule has 2 atom stereocenters. The maximum Gasteiger partial charge on any atom is 0.333 e. The van der Waals surface area contributed by atoms with Gasteiger partial charge in [0.25, 0.3) is 11.1 Å². The number of benzene rings is 2. The van der Waals surface area contributed by atoms with E-state index >= 15 is 0 Å². The maximum atomic E-state index is 14.1. The van der Waals surface area contributed by atoms with Gasteiger partial charge in [-0.25, -0.2) is 32.3 Å². The van der Waals surface area contributed by atoms with E-state index in [0.717, 1.165) is 43.9 Å². The van der Waals surface area contributed by atoms with Gasteiger partial charge in [-0.1, -0.05) is 57.8 Å². The number of ketones is 1. The van der Waals surface area contributed by atoms with Crippen LogP contribution in [0.3, 0.4) is 0 Å². The number of carbonyl (C=O) groups is 2. The zero-order valence-corrected chi connectivity index (χ0v) is 46.1. The third-order valence-electron chi connectivity index (χ3n) is 12.3. The number of ether oxygens (including phenoxy) is 2. The molecule has 78 heavy (non-hydrogen) atoms. The number of fused-ring (bicyclic) bond motifs is 2. The molecule has 5 N–H and O–H groups in total. The highest BCUT2D eigenvalue weighted by atomic mass is 32.1. The van der Waals surface area contributed by atoms with Gasteiger partial charge in [0.05, 0.1) is 62.9 Å². The summed E-state index contributed by atoms with van der Waals surface area (Å²) in [5.74, 6) is -2.40. The van der Waals surface area contributed by atoms with E-state index in [2.05, 4.69) is 20.4 Å². The number of halogens is 2. The molecule has 2 aromatic carbocycles. The number of rotatable bonds is 16. The summed E-state index contributed by atoms with van der Waals surface area (Å²) in [5.41, 5.74) is -0.171. The zero-order chi connectivity index (χ0) is 57.2. The van der Waals surface area contributed by atoms with Gasteiger partial charge in [-0.15, -0.1) is 9.59 Å². The average Bonchev–Trinajstić information content (AvgIpc) is 4.38. The van der Waals surface area contributed by atoms with Crippen molar-refractivity contribution >= 4 is 54.9 Å². The normalized spacial score (nSPS) is 12.4. The number of carboxylic acid groups (broad SMARTS) is 1.